The molecule has 1 atom stereocenters. The lowest BCUT2D eigenvalue weighted by Crippen LogP contribution is -2.44. The lowest BCUT2D eigenvalue weighted by molar-refractivity contribution is -0.134. The van der Waals surface area contributed by atoms with Crippen molar-refractivity contribution in [2.75, 3.05) is 19.0 Å². The maximum Gasteiger partial charge on any atom is 0.325 e. The summed E-state index contributed by atoms with van der Waals surface area (Å²) in [6, 6.07) is 7.72. The van der Waals surface area contributed by atoms with E-state index in [-0.39, 0.29) is 5.82 Å². The highest BCUT2D eigenvalue weighted by molar-refractivity contribution is 6.30. The van der Waals surface area contributed by atoms with Crippen molar-refractivity contribution in [1.29, 1.82) is 0 Å². The number of ether oxygens (including phenoxy) is 1. The van der Waals surface area contributed by atoms with Crippen molar-refractivity contribution in [3.8, 4) is 5.75 Å². The molecule has 1 fully saturated rings. The minimum absolute atomic E-state index is 0.238. The molecule has 0 bridgehead atoms. The number of pyridine rings is 1. The fraction of sp³-hybridized carbons (Fsp3) is 0.300. The molecule has 4 amide bonds. The van der Waals surface area contributed by atoms with Gasteiger partial charge >= 0.3 is 6.03 Å². The summed E-state index contributed by atoms with van der Waals surface area (Å²) in [5.41, 5.74) is 0.238. The van der Waals surface area contributed by atoms with E-state index in [1.807, 2.05) is 6.92 Å². The van der Waals surface area contributed by atoms with Crippen molar-refractivity contribution < 1.29 is 19.1 Å². The van der Waals surface area contributed by atoms with Gasteiger partial charge in [0.15, 0.2) is 0 Å². The van der Waals surface area contributed by atoms with Crippen molar-refractivity contribution in [2.45, 2.75) is 25.8 Å². The summed E-state index contributed by atoms with van der Waals surface area (Å²) in [5.74, 6) is -0.117. The number of aromatic nitrogens is 1. The van der Waals surface area contributed by atoms with Crippen molar-refractivity contribution in [2.24, 2.45) is 0 Å². The first-order chi connectivity index (χ1) is 13.8. The molecule has 1 aliphatic heterocycles. The largest absolute Gasteiger partial charge is 0.496 e. The second-order valence-electron chi connectivity index (χ2n) is 6.67. The number of imide groups is 1. The number of carbonyl (C=O) groups excluding carboxylic acids is 3. The van der Waals surface area contributed by atoms with Crippen LogP contribution in [0.5, 0.6) is 5.75 Å². The van der Waals surface area contributed by atoms with Crippen molar-refractivity contribution in [3.63, 3.8) is 0 Å². The van der Waals surface area contributed by atoms with Gasteiger partial charge in [-0.15, -0.1) is 0 Å². The number of aryl methyl sites for hydroxylation is 1. The fourth-order valence-electron chi connectivity index (χ4n) is 3.35. The van der Waals surface area contributed by atoms with Gasteiger partial charge in [-0.05, 0) is 48.7 Å². The summed E-state index contributed by atoms with van der Waals surface area (Å²) in [5, 5.41) is 5.70. The van der Waals surface area contributed by atoms with E-state index >= 15 is 0 Å². The molecule has 9 heteroatoms. The smallest absolute Gasteiger partial charge is 0.325 e. The van der Waals surface area contributed by atoms with Crippen molar-refractivity contribution in [1.82, 2.24) is 15.2 Å². The number of anilines is 1. The summed E-state index contributed by atoms with van der Waals surface area (Å²) in [6.07, 6.45) is 1.77. The average Bonchev–Trinajstić information content (AvgIpc) is 2.93. The van der Waals surface area contributed by atoms with E-state index in [9.17, 15) is 14.4 Å². The van der Waals surface area contributed by atoms with Crippen LogP contribution in [0.4, 0.5) is 10.6 Å². The summed E-state index contributed by atoms with van der Waals surface area (Å²) in [6.45, 7) is 3.23. The Hall–Kier alpha value is -3.13. The van der Waals surface area contributed by atoms with Crippen LogP contribution < -0.4 is 15.4 Å². The molecular formula is C20H21ClN4O4. The van der Waals surface area contributed by atoms with Crippen LogP contribution >= 0.6 is 11.6 Å². The van der Waals surface area contributed by atoms with Gasteiger partial charge in [-0.25, -0.2) is 9.78 Å². The highest BCUT2D eigenvalue weighted by atomic mass is 35.5. The van der Waals surface area contributed by atoms with Gasteiger partial charge in [-0.3, -0.25) is 14.5 Å². The second-order valence-corrected chi connectivity index (χ2v) is 7.11. The van der Waals surface area contributed by atoms with Gasteiger partial charge in [0, 0.05) is 11.2 Å². The average molecular weight is 417 g/mol. The number of carbonyl (C=O) groups is 3. The van der Waals surface area contributed by atoms with Crippen LogP contribution in [0.3, 0.4) is 0 Å². The first-order valence-electron chi connectivity index (χ1n) is 9.01. The Kier molecular flexibility index (Phi) is 5.74. The highest BCUT2D eigenvalue weighted by Crippen LogP contribution is 2.34. The SMILES string of the molecule is CCC1(c2ccc(OC)c(C)c2)NC(=O)N(CC(=O)Nc2cc(Cl)ccn2)C1=O. The number of urea groups is 1. The molecule has 0 saturated carbocycles. The number of methoxy groups -OCH3 is 1. The Morgan fingerprint density at radius 2 is 2.07 bits per heavy atom. The third-order valence-electron chi connectivity index (χ3n) is 4.88. The molecule has 0 aliphatic carbocycles. The third-order valence-corrected chi connectivity index (χ3v) is 5.12. The first kappa shape index (κ1) is 20.6. The van der Waals surface area contributed by atoms with E-state index in [0.717, 1.165) is 10.5 Å². The van der Waals surface area contributed by atoms with Crippen LogP contribution in [0.2, 0.25) is 5.02 Å². The number of nitrogens with one attached hydrogen (secondary N) is 2. The number of hydrogen-bond donors (Lipinski definition) is 2. The molecule has 1 aromatic heterocycles. The maximum atomic E-state index is 13.2. The molecule has 0 spiro atoms. The molecule has 1 unspecified atom stereocenters. The normalized spacial score (nSPS) is 18.6. The van der Waals surface area contributed by atoms with Gasteiger partial charge in [0.1, 0.15) is 23.7 Å². The molecule has 0 radical (unpaired) electrons. The molecular weight excluding hydrogens is 396 g/mol. The Morgan fingerprint density at radius 1 is 1.31 bits per heavy atom. The molecule has 3 rings (SSSR count). The van der Waals surface area contributed by atoms with E-state index in [1.165, 1.54) is 12.3 Å². The second kappa shape index (κ2) is 8.08. The quantitative estimate of drug-likeness (QED) is 0.705. The zero-order valence-electron chi connectivity index (χ0n) is 16.3. The zero-order chi connectivity index (χ0) is 21.2. The van der Waals surface area contributed by atoms with Crippen LogP contribution in [0.1, 0.15) is 24.5 Å². The minimum atomic E-state index is -1.23. The van der Waals surface area contributed by atoms with Gasteiger partial charge in [0.05, 0.1) is 7.11 Å². The number of nitrogens with zero attached hydrogens (tertiary/aromatic N) is 2. The number of benzene rings is 1. The van der Waals surface area contributed by atoms with Crippen molar-refractivity contribution >= 4 is 35.3 Å². The number of hydrogen-bond acceptors (Lipinski definition) is 5. The predicted molar refractivity (Wildman–Crippen MR) is 108 cm³/mol. The molecule has 2 aromatic rings. The van der Waals surface area contributed by atoms with Gasteiger partial charge < -0.3 is 15.4 Å². The lowest BCUT2D eigenvalue weighted by atomic mass is 9.86. The van der Waals surface area contributed by atoms with Crippen LogP contribution in [-0.4, -0.2) is 41.4 Å². The number of halogens is 1. The van der Waals surface area contributed by atoms with Crippen LogP contribution in [0.25, 0.3) is 0 Å². The van der Waals surface area contributed by atoms with Crippen molar-refractivity contribution in [3.05, 3.63) is 52.7 Å². The Morgan fingerprint density at radius 3 is 2.69 bits per heavy atom. The van der Waals surface area contributed by atoms with E-state index < -0.39 is 29.9 Å². The Labute approximate surface area is 173 Å². The summed E-state index contributed by atoms with van der Waals surface area (Å²) >= 11 is 5.87. The summed E-state index contributed by atoms with van der Waals surface area (Å²) in [4.78, 5) is 43.0. The van der Waals surface area contributed by atoms with Crippen LogP contribution in [0, 0.1) is 6.92 Å². The van der Waals surface area contributed by atoms with E-state index in [1.54, 1.807) is 38.3 Å². The standard InChI is InChI=1S/C20H21ClN4O4/c1-4-20(13-5-6-15(29-3)12(2)9-13)18(27)25(19(28)24-20)11-17(26)23-16-10-14(21)7-8-22-16/h5-10H,4,11H2,1-3H3,(H,24,28)(H,22,23,26). The minimum Gasteiger partial charge on any atom is -0.496 e. The highest BCUT2D eigenvalue weighted by Gasteiger charge is 2.51. The molecule has 1 aliphatic rings. The van der Waals surface area contributed by atoms with E-state index in [0.29, 0.717) is 22.8 Å². The Bertz CT molecular complexity index is 981. The lowest BCUT2D eigenvalue weighted by Gasteiger charge is -2.26. The summed E-state index contributed by atoms with van der Waals surface area (Å²) in [7, 11) is 1.56. The maximum absolute atomic E-state index is 13.2. The molecule has 8 nitrogen and oxygen atoms in total. The van der Waals surface area contributed by atoms with Crippen LogP contribution in [-0.2, 0) is 15.1 Å². The predicted octanol–water partition coefficient (Wildman–Crippen LogP) is 2.85. The summed E-state index contributed by atoms with van der Waals surface area (Å²) < 4.78 is 5.26. The fourth-order valence-corrected chi connectivity index (χ4v) is 3.51. The van der Waals surface area contributed by atoms with E-state index in [2.05, 4.69) is 15.6 Å². The molecule has 1 saturated heterocycles. The first-order valence-corrected chi connectivity index (χ1v) is 9.39. The third kappa shape index (κ3) is 3.88. The van der Waals surface area contributed by atoms with E-state index in [4.69, 9.17) is 16.3 Å². The van der Waals surface area contributed by atoms with Gasteiger partial charge in [-0.2, -0.15) is 0 Å². The molecule has 2 N–H and O–H groups in total. The van der Waals surface area contributed by atoms with Gasteiger partial charge in [0.2, 0.25) is 5.91 Å². The zero-order valence-corrected chi connectivity index (χ0v) is 17.0. The molecule has 152 valence electrons. The van der Waals surface area contributed by atoms with Gasteiger partial charge in [0.25, 0.3) is 5.91 Å². The molecule has 2 heterocycles. The number of amides is 4. The topological polar surface area (TPSA) is 101 Å². The van der Waals surface area contributed by atoms with Crippen LogP contribution in [0.15, 0.2) is 36.5 Å². The van der Waals surface area contributed by atoms with Gasteiger partial charge in [-0.1, -0.05) is 24.6 Å². The Balaban J connectivity index is 1.82. The monoisotopic (exact) mass is 416 g/mol. The molecule has 1 aromatic carbocycles. The number of rotatable bonds is 6. The molecule has 29 heavy (non-hydrogen) atoms.